The predicted molar refractivity (Wildman–Crippen MR) is 71.6 cm³/mol. The van der Waals surface area contributed by atoms with E-state index >= 15 is 0 Å². The third-order valence-electron chi connectivity index (χ3n) is 2.36. The Balaban J connectivity index is 2.45. The molecule has 0 heterocycles. The average Bonchev–Trinajstić information content (AvgIpc) is 2.35. The van der Waals surface area contributed by atoms with Crippen molar-refractivity contribution in [3.8, 4) is 11.5 Å². The number of ether oxygens (including phenoxy) is 1. The molecule has 6 heteroatoms. The molecule has 0 aromatic heterocycles. The van der Waals surface area contributed by atoms with Crippen molar-refractivity contribution in [2.75, 3.05) is 0 Å². The van der Waals surface area contributed by atoms with Gasteiger partial charge in [0.25, 0.3) is 0 Å². The normalized spacial score (nSPS) is 10.3. The lowest BCUT2D eigenvalue weighted by molar-refractivity contribution is 0.415. The summed E-state index contributed by atoms with van der Waals surface area (Å²) < 4.78 is 32.5. The fourth-order valence-corrected chi connectivity index (χ4v) is 1.91. The van der Waals surface area contributed by atoms with Crippen molar-refractivity contribution in [3.05, 3.63) is 58.1 Å². The highest BCUT2D eigenvalue weighted by Crippen LogP contribution is 2.31. The molecule has 2 rings (SSSR count). The monoisotopic (exact) mass is 326 g/mol. The molecule has 0 radical (unpaired) electrons. The number of nitrogens with two attached hydrogens (primary N) is 1. The van der Waals surface area contributed by atoms with Crippen molar-refractivity contribution < 1.29 is 13.5 Å². The number of nitrogen functional groups attached to an aromatic ring is 1. The molecular weight excluding hydrogens is 318 g/mol. The van der Waals surface area contributed by atoms with Gasteiger partial charge in [0.05, 0.1) is 5.56 Å². The largest absolute Gasteiger partial charge is 0.453 e. The first-order chi connectivity index (χ1) is 8.99. The smallest absolute Gasteiger partial charge is 0.201 e. The van der Waals surface area contributed by atoms with Gasteiger partial charge in [0.15, 0.2) is 11.6 Å². The van der Waals surface area contributed by atoms with Crippen molar-refractivity contribution in [2.24, 2.45) is 5.73 Å². The summed E-state index contributed by atoms with van der Waals surface area (Å²) in [6.45, 7) is 0. The van der Waals surface area contributed by atoms with E-state index in [1.807, 2.05) is 0 Å². The molecule has 98 valence electrons. The number of hydrogen-bond acceptors (Lipinski definition) is 2. The first-order valence-electron chi connectivity index (χ1n) is 5.25. The van der Waals surface area contributed by atoms with Crippen molar-refractivity contribution in [1.29, 1.82) is 5.41 Å². The first kappa shape index (κ1) is 13.5. The van der Waals surface area contributed by atoms with Gasteiger partial charge in [-0.05, 0) is 24.3 Å². The van der Waals surface area contributed by atoms with Gasteiger partial charge in [-0.2, -0.15) is 4.39 Å². The van der Waals surface area contributed by atoms with Crippen molar-refractivity contribution >= 4 is 21.8 Å². The van der Waals surface area contributed by atoms with Crippen LogP contribution in [0.2, 0.25) is 0 Å². The zero-order chi connectivity index (χ0) is 14.0. The van der Waals surface area contributed by atoms with Crippen LogP contribution < -0.4 is 10.5 Å². The summed E-state index contributed by atoms with van der Waals surface area (Å²) in [7, 11) is 0. The van der Waals surface area contributed by atoms with Crippen LogP contribution in [-0.4, -0.2) is 5.84 Å². The Labute approximate surface area is 116 Å². The minimum absolute atomic E-state index is 0.186. The molecule has 19 heavy (non-hydrogen) atoms. The molecule has 0 unspecified atom stereocenters. The summed E-state index contributed by atoms with van der Waals surface area (Å²) in [5.74, 6) is -2.43. The molecule has 0 saturated carbocycles. The van der Waals surface area contributed by atoms with Crippen LogP contribution >= 0.6 is 15.9 Å². The SMILES string of the molecule is N=C(N)c1ccccc1Oc1cc(Br)cc(F)c1F. The maximum atomic E-state index is 13.6. The van der Waals surface area contributed by atoms with Crippen LogP contribution in [0, 0.1) is 17.0 Å². The van der Waals surface area contributed by atoms with Gasteiger partial charge in [-0.15, -0.1) is 0 Å². The Hall–Kier alpha value is -1.95. The molecule has 0 bridgehead atoms. The van der Waals surface area contributed by atoms with E-state index in [0.717, 1.165) is 6.07 Å². The minimum atomic E-state index is -1.10. The molecule has 0 atom stereocenters. The maximum Gasteiger partial charge on any atom is 0.201 e. The molecule has 2 aromatic carbocycles. The van der Waals surface area contributed by atoms with E-state index in [1.54, 1.807) is 18.2 Å². The summed E-state index contributed by atoms with van der Waals surface area (Å²) in [6, 6.07) is 8.70. The van der Waals surface area contributed by atoms with E-state index in [1.165, 1.54) is 12.1 Å². The Morgan fingerprint density at radius 1 is 1.16 bits per heavy atom. The fraction of sp³-hybridized carbons (Fsp3) is 0. The summed E-state index contributed by atoms with van der Waals surface area (Å²) in [4.78, 5) is 0. The molecule has 0 amide bonds. The fourth-order valence-electron chi connectivity index (χ4n) is 1.50. The van der Waals surface area contributed by atoms with Gasteiger partial charge in [-0.25, -0.2) is 4.39 Å². The molecular formula is C13H9BrF2N2O. The molecule has 3 N–H and O–H groups in total. The Bertz CT molecular complexity index is 647. The van der Waals surface area contributed by atoms with E-state index < -0.39 is 11.6 Å². The molecule has 0 aliphatic rings. The highest BCUT2D eigenvalue weighted by molar-refractivity contribution is 9.10. The Morgan fingerprint density at radius 2 is 1.84 bits per heavy atom. The van der Waals surface area contributed by atoms with Crippen molar-refractivity contribution in [1.82, 2.24) is 0 Å². The number of hydrogen-bond donors (Lipinski definition) is 2. The minimum Gasteiger partial charge on any atom is -0.453 e. The van der Waals surface area contributed by atoms with E-state index in [-0.39, 0.29) is 17.3 Å². The van der Waals surface area contributed by atoms with E-state index in [0.29, 0.717) is 10.0 Å². The van der Waals surface area contributed by atoms with Gasteiger partial charge in [0.1, 0.15) is 11.6 Å². The van der Waals surface area contributed by atoms with Gasteiger partial charge in [0.2, 0.25) is 5.82 Å². The van der Waals surface area contributed by atoms with Crippen LogP contribution in [0.5, 0.6) is 11.5 Å². The third-order valence-corrected chi connectivity index (χ3v) is 2.81. The number of para-hydroxylation sites is 1. The zero-order valence-electron chi connectivity index (χ0n) is 9.58. The van der Waals surface area contributed by atoms with Crippen LogP contribution in [0.4, 0.5) is 8.78 Å². The lowest BCUT2D eigenvalue weighted by atomic mass is 10.2. The number of halogens is 3. The number of rotatable bonds is 3. The molecule has 3 nitrogen and oxygen atoms in total. The first-order valence-corrected chi connectivity index (χ1v) is 6.04. The second-order valence-electron chi connectivity index (χ2n) is 3.71. The molecule has 0 aliphatic heterocycles. The third kappa shape index (κ3) is 2.90. The van der Waals surface area contributed by atoms with Gasteiger partial charge < -0.3 is 10.5 Å². The number of benzene rings is 2. The van der Waals surface area contributed by atoms with Gasteiger partial charge in [-0.1, -0.05) is 28.1 Å². The molecule has 0 fully saturated rings. The molecule has 2 aromatic rings. The maximum absolute atomic E-state index is 13.6. The number of nitrogens with one attached hydrogen (secondary N) is 1. The Kier molecular flexibility index (Phi) is 3.80. The van der Waals surface area contributed by atoms with E-state index in [9.17, 15) is 8.78 Å². The highest BCUT2D eigenvalue weighted by Gasteiger charge is 2.14. The highest BCUT2D eigenvalue weighted by atomic mass is 79.9. The summed E-state index contributed by atoms with van der Waals surface area (Å²) >= 11 is 3.05. The second kappa shape index (κ2) is 5.36. The molecule has 0 aliphatic carbocycles. The quantitative estimate of drug-likeness (QED) is 0.512. The number of amidine groups is 1. The lowest BCUT2D eigenvalue weighted by Gasteiger charge is -2.11. The van der Waals surface area contributed by atoms with E-state index in [2.05, 4.69) is 15.9 Å². The zero-order valence-corrected chi connectivity index (χ0v) is 11.2. The van der Waals surface area contributed by atoms with Gasteiger partial charge in [0, 0.05) is 4.47 Å². The van der Waals surface area contributed by atoms with Crippen LogP contribution in [0.25, 0.3) is 0 Å². The standard InChI is InChI=1S/C13H9BrF2N2O/c14-7-5-9(15)12(16)11(6-7)19-10-4-2-1-3-8(10)13(17)18/h1-6H,(H3,17,18). The van der Waals surface area contributed by atoms with Crippen molar-refractivity contribution in [2.45, 2.75) is 0 Å². The van der Waals surface area contributed by atoms with Crippen molar-refractivity contribution in [3.63, 3.8) is 0 Å². The topological polar surface area (TPSA) is 59.1 Å². The molecule has 0 spiro atoms. The molecule has 0 saturated heterocycles. The summed E-state index contributed by atoms with van der Waals surface area (Å²) in [5, 5.41) is 7.40. The average molecular weight is 327 g/mol. The Morgan fingerprint density at radius 3 is 2.53 bits per heavy atom. The van der Waals surface area contributed by atoms with Crippen LogP contribution in [0.1, 0.15) is 5.56 Å². The predicted octanol–water partition coefficient (Wildman–Crippen LogP) is 3.80. The van der Waals surface area contributed by atoms with Gasteiger partial charge >= 0.3 is 0 Å². The van der Waals surface area contributed by atoms with Gasteiger partial charge in [-0.3, -0.25) is 5.41 Å². The van der Waals surface area contributed by atoms with Crippen LogP contribution in [0.3, 0.4) is 0 Å². The summed E-state index contributed by atoms with van der Waals surface area (Å²) in [5.41, 5.74) is 5.70. The van der Waals surface area contributed by atoms with E-state index in [4.69, 9.17) is 15.9 Å². The van der Waals surface area contributed by atoms with Crippen LogP contribution in [-0.2, 0) is 0 Å². The lowest BCUT2D eigenvalue weighted by Crippen LogP contribution is -2.12. The summed E-state index contributed by atoms with van der Waals surface area (Å²) in [6.07, 6.45) is 0. The second-order valence-corrected chi connectivity index (χ2v) is 4.63. The van der Waals surface area contributed by atoms with Crippen LogP contribution in [0.15, 0.2) is 40.9 Å².